The van der Waals surface area contributed by atoms with Crippen LogP contribution in [-0.2, 0) is 23.7 Å². The first-order valence-corrected chi connectivity index (χ1v) is 22.0. The lowest BCUT2D eigenvalue weighted by molar-refractivity contribution is 0.00670. The van der Waals surface area contributed by atoms with E-state index in [2.05, 4.69) is 20.3 Å². The number of carboxylic acid groups (broad SMARTS) is 1. The Morgan fingerprint density at radius 2 is 0.917 bits per heavy atom. The molecule has 16 nitrogen and oxygen atoms in total. The van der Waals surface area contributed by atoms with Crippen molar-refractivity contribution < 1.29 is 57.6 Å². The van der Waals surface area contributed by atoms with Crippen LogP contribution in [0.15, 0.2) is 51.5 Å². The lowest BCUT2D eigenvalue weighted by atomic mass is 10.2. The predicted octanol–water partition coefficient (Wildman–Crippen LogP) is 9.11. The molecule has 0 bridgehead atoms. The number of hydrogen-bond acceptors (Lipinski definition) is 17. The molecule has 0 fully saturated rings. The van der Waals surface area contributed by atoms with Crippen molar-refractivity contribution in [3.05, 3.63) is 65.0 Å². The van der Waals surface area contributed by atoms with Crippen molar-refractivity contribution >= 4 is 76.9 Å². The number of rotatable bonds is 15. The number of carboxylic acids is 1. The van der Waals surface area contributed by atoms with E-state index in [0.717, 1.165) is 23.5 Å². The molecule has 1 amide bonds. The van der Waals surface area contributed by atoms with Crippen LogP contribution >= 0.6 is 35.3 Å². The second-order valence-electron chi connectivity index (χ2n) is 13.6. The van der Waals surface area contributed by atoms with Gasteiger partial charge in [0.2, 0.25) is 0 Å². The highest BCUT2D eigenvalue weighted by molar-refractivity contribution is 7.99. The summed E-state index contributed by atoms with van der Waals surface area (Å²) < 4.78 is 25.3. The van der Waals surface area contributed by atoms with Gasteiger partial charge in [-0.2, -0.15) is 0 Å². The first kappa shape index (κ1) is 53.1. The van der Waals surface area contributed by atoms with E-state index in [-0.39, 0.29) is 42.5 Å². The van der Waals surface area contributed by atoms with Crippen molar-refractivity contribution in [3.63, 3.8) is 0 Å². The van der Waals surface area contributed by atoms with Crippen molar-refractivity contribution in [2.45, 2.75) is 109 Å². The Morgan fingerprint density at radius 1 is 0.550 bits per heavy atom. The Labute approximate surface area is 364 Å². The highest BCUT2D eigenvalue weighted by Crippen LogP contribution is 2.27. The van der Waals surface area contributed by atoms with Crippen LogP contribution in [0.1, 0.15) is 135 Å². The standard InChI is InChI=1S/C15H22N2O4S.C15H21NO4S.C11H13NO4S/c1-6-20-13(18)12-11(22-7-2)8-10(9-16-12)17-14(19)21-15(3,4)5;1-6-19-14(18)12-11(21-7-2)8-10(9-16-12)13(17)20-15(3,4)5;1-3-16-11(15)9-8(17-4-2)5-7(6-12-9)10(13)14/h8-9H,6-7H2,1-5H3,(H,17,19);8-9H,6-7H2,1-5H3;5-6H,3-4H2,1-2H3,(H,13,14). The molecule has 3 heterocycles. The molecular weight excluding hydrogens is 837 g/mol. The van der Waals surface area contributed by atoms with E-state index in [1.807, 2.05) is 20.8 Å². The zero-order valence-electron chi connectivity index (χ0n) is 36.2. The van der Waals surface area contributed by atoms with E-state index in [4.69, 9.17) is 28.8 Å². The minimum atomic E-state index is -1.06. The van der Waals surface area contributed by atoms with Crippen LogP contribution in [-0.4, -0.2) is 104 Å². The molecular formula is C41H56N4O12S3. The SMILES string of the molecule is CCOC(=O)c1ncc(C(=O)O)cc1SCC.CCOC(=O)c1ncc(C(=O)OC(C)(C)C)cc1SCC.CCOC(=O)c1ncc(NC(=O)OC(C)(C)C)cc1SCC. The molecule has 0 saturated heterocycles. The maximum absolute atomic E-state index is 12.0. The molecule has 330 valence electrons. The molecule has 0 aromatic carbocycles. The summed E-state index contributed by atoms with van der Waals surface area (Å²) in [7, 11) is 0. The van der Waals surface area contributed by atoms with Gasteiger partial charge in [0, 0.05) is 27.1 Å². The van der Waals surface area contributed by atoms with Crippen molar-refractivity contribution in [2.75, 3.05) is 42.4 Å². The van der Waals surface area contributed by atoms with E-state index < -0.39 is 47.1 Å². The number of nitrogens with one attached hydrogen (secondary N) is 1. The quantitative estimate of drug-likeness (QED) is 0.0825. The van der Waals surface area contributed by atoms with Crippen LogP contribution < -0.4 is 5.32 Å². The van der Waals surface area contributed by atoms with Gasteiger partial charge in [-0.3, -0.25) is 5.32 Å². The molecule has 3 aromatic heterocycles. The third kappa shape index (κ3) is 19.5. The summed E-state index contributed by atoms with van der Waals surface area (Å²) >= 11 is 4.25. The number of anilines is 1. The molecule has 3 rings (SSSR count). The maximum atomic E-state index is 12.0. The van der Waals surface area contributed by atoms with Gasteiger partial charge in [-0.1, -0.05) is 20.8 Å². The summed E-state index contributed by atoms with van der Waals surface area (Å²) in [6, 6.07) is 4.76. The van der Waals surface area contributed by atoms with Crippen LogP contribution in [0, 0.1) is 0 Å². The van der Waals surface area contributed by atoms with Gasteiger partial charge in [-0.05, 0) is 97.8 Å². The Bertz CT molecular complexity index is 1930. The number of aromatic nitrogens is 3. The molecule has 19 heteroatoms. The number of pyridine rings is 3. The predicted molar refractivity (Wildman–Crippen MR) is 232 cm³/mol. The monoisotopic (exact) mass is 892 g/mol. The fourth-order valence-electron chi connectivity index (χ4n) is 4.24. The van der Waals surface area contributed by atoms with Gasteiger partial charge in [-0.25, -0.2) is 43.7 Å². The summed E-state index contributed by atoms with van der Waals surface area (Å²) in [5.41, 5.74) is 0.363. The summed E-state index contributed by atoms with van der Waals surface area (Å²) in [5.74, 6) is -0.756. The third-order valence-corrected chi connectivity index (χ3v) is 9.12. The van der Waals surface area contributed by atoms with Gasteiger partial charge in [0.15, 0.2) is 17.1 Å². The van der Waals surface area contributed by atoms with Gasteiger partial charge in [-0.15, -0.1) is 35.3 Å². The Morgan fingerprint density at radius 3 is 1.28 bits per heavy atom. The number of thioether (sulfide) groups is 3. The number of hydrogen-bond donors (Lipinski definition) is 2. The van der Waals surface area contributed by atoms with Crippen LogP contribution in [0.5, 0.6) is 0 Å². The number of amides is 1. The number of carbonyl (C=O) groups is 6. The minimum absolute atomic E-state index is 0.0639. The molecule has 60 heavy (non-hydrogen) atoms. The van der Waals surface area contributed by atoms with Gasteiger partial charge in [0.1, 0.15) is 11.2 Å². The van der Waals surface area contributed by atoms with Crippen molar-refractivity contribution in [2.24, 2.45) is 0 Å². The van der Waals surface area contributed by atoms with Crippen LogP contribution in [0.25, 0.3) is 0 Å². The highest BCUT2D eigenvalue weighted by Gasteiger charge is 2.23. The van der Waals surface area contributed by atoms with Crippen LogP contribution in [0.4, 0.5) is 10.5 Å². The topological polar surface area (TPSA) is 219 Å². The van der Waals surface area contributed by atoms with E-state index in [9.17, 15) is 28.8 Å². The average molecular weight is 893 g/mol. The molecule has 0 aliphatic heterocycles. The van der Waals surface area contributed by atoms with Gasteiger partial charge in [0.25, 0.3) is 0 Å². The average Bonchev–Trinajstić information content (AvgIpc) is 3.14. The number of nitrogens with zero attached hydrogens (tertiary/aromatic N) is 3. The fourth-order valence-corrected chi connectivity index (χ4v) is 6.63. The van der Waals surface area contributed by atoms with E-state index in [1.54, 1.807) is 74.4 Å². The molecule has 0 aliphatic rings. The zero-order valence-corrected chi connectivity index (χ0v) is 38.7. The second-order valence-corrected chi connectivity index (χ2v) is 17.5. The molecule has 3 aromatic rings. The lowest BCUT2D eigenvalue weighted by Gasteiger charge is -2.19. The van der Waals surface area contributed by atoms with E-state index >= 15 is 0 Å². The van der Waals surface area contributed by atoms with E-state index in [1.165, 1.54) is 53.7 Å². The third-order valence-electron chi connectivity index (χ3n) is 6.39. The Hall–Kier alpha value is -4.88. The molecule has 0 atom stereocenters. The molecule has 0 aliphatic carbocycles. The number of esters is 4. The number of carbonyl (C=O) groups excluding carboxylic acids is 5. The molecule has 0 saturated carbocycles. The molecule has 2 N–H and O–H groups in total. The first-order chi connectivity index (χ1) is 28.1. The maximum Gasteiger partial charge on any atom is 0.412 e. The lowest BCUT2D eigenvalue weighted by Crippen LogP contribution is -2.27. The number of ether oxygens (including phenoxy) is 5. The van der Waals surface area contributed by atoms with Gasteiger partial charge < -0.3 is 28.8 Å². The first-order valence-electron chi connectivity index (χ1n) is 19.0. The van der Waals surface area contributed by atoms with Crippen LogP contribution in [0.3, 0.4) is 0 Å². The van der Waals surface area contributed by atoms with Gasteiger partial charge >= 0.3 is 35.9 Å². The molecule has 0 radical (unpaired) electrons. The highest BCUT2D eigenvalue weighted by atomic mass is 32.2. The second kappa shape index (κ2) is 26.4. The normalized spacial score (nSPS) is 10.7. The molecule has 0 spiro atoms. The van der Waals surface area contributed by atoms with Crippen molar-refractivity contribution in [1.29, 1.82) is 0 Å². The summed E-state index contributed by atoms with van der Waals surface area (Å²) in [6.07, 6.45) is 3.36. The number of aromatic carboxylic acids is 1. The summed E-state index contributed by atoms with van der Waals surface area (Å²) in [4.78, 5) is 83.7. The molecule has 0 unspecified atom stereocenters. The Balaban J connectivity index is 0.000000454. The summed E-state index contributed by atoms with van der Waals surface area (Å²) in [5, 5.41) is 11.5. The summed E-state index contributed by atoms with van der Waals surface area (Å²) in [6.45, 7) is 22.6. The zero-order chi connectivity index (χ0) is 45.6. The smallest absolute Gasteiger partial charge is 0.412 e. The van der Waals surface area contributed by atoms with Crippen molar-refractivity contribution in [3.8, 4) is 0 Å². The Kier molecular flexibility index (Phi) is 23.3. The van der Waals surface area contributed by atoms with Crippen LogP contribution in [0.2, 0.25) is 0 Å². The fraction of sp³-hybridized carbons (Fsp3) is 0.488. The van der Waals surface area contributed by atoms with Gasteiger partial charge in [0.05, 0.1) is 42.8 Å². The van der Waals surface area contributed by atoms with Crippen molar-refractivity contribution in [1.82, 2.24) is 15.0 Å². The largest absolute Gasteiger partial charge is 0.478 e. The van der Waals surface area contributed by atoms with E-state index in [0.29, 0.717) is 25.9 Å². The minimum Gasteiger partial charge on any atom is -0.478 e.